The van der Waals surface area contributed by atoms with E-state index in [1.807, 2.05) is 0 Å². The molecule has 0 aromatic heterocycles. The maximum Gasteiger partial charge on any atom is 0.306 e. The first kappa shape index (κ1) is 45.9. The Labute approximate surface area is 295 Å². The zero-order valence-corrected chi connectivity index (χ0v) is 32.9. The number of rotatable bonds is 36. The Morgan fingerprint density at radius 1 is 0.404 bits per heavy atom. The fourth-order valence-electron chi connectivity index (χ4n) is 6.95. The molecule has 0 aliphatic heterocycles. The van der Waals surface area contributed by atoms with Crippen molar-refractivity contribution in [3.8, 4) is 0 Å². The molecule has 0 aliphatic carbocycles. The van der Waals surface area contributed by atoms with Crippen LogP contribution in [-0.4, -0.2) is 25.2 Å². The minimum absolute atomic E-state index is 0.0609. The predicted octanol–water partition coefficient (Wildman–Crippen LogP) is 14.1. The molecule has 0 radical (unpaired) electrons. The number of hydrogen-bond acceptors (Lipinski definition) is 4. The molecule has 47 heavy (non-hydrogen) atoms. The Hall–Kier alpha value is -1.06. The van der Waals surface area contributed by atoms with Crippen LogP contribution in [0.3, 0.4) is 0 Å². The minimum Gasteiger partial charge on any atom is -0.465 e. The van der Waals surface area contributed by atoms with Gasteiger partial charge in [0.15, 0.2) is 0 Å². The molecule has 0 spiro atoms. The Morgan fingerprint density at radius 3 is 0.915 bits per heavy atom. The van der Waals surface area contributed by atoms with E-state index in [1.165, 1.54) is 141 Å². The highest BCUT2D eigenvalue weighted by molar-refractivity contribution is 5.70. The molecule has 0 saturated carbocycles. The summed E-state index contributed by atoms with van der Waals surface area (Å²) >= 11 is 0. The first-order valence-corrected chi connectivity index (χ1v) is 21.2. The van der Waals surface area contributed by atoms with Gasteiger partial charge in [0.05, 0.1) is 0 Å². The Kier molecular flexibility index (Phi) is 32.7. The van der Waals surface area contributed by atoms with E-state index in [-0.39, 0.29) is 17.4 Å². The summed E-state index contributed by atoms with van der Waals surface area (Å²) in [5.41, 5.74) is -0.296. The van der Waals surface area contributed by atoms with Crippen molar-refractivity contribution >= 4 is 11.9 Å². The normalized spacial score (nSPS) is 13.1. The summed E-state index contributed by atoms with van der Waals surface area (Å²) < 4.78 is 12.0. The molecule has 2 unspecified atom stereocenters. The number of ether oxygens (including phenoxy) is 2. The zero-order valence-electron chi connectivity index (χ0n) is 32.9. The molecule has 0 bridgehead atoms. The van der Waals surface area contributed by atoms with Crippen molar-refractivity contribution < 1.29 is 19.1 Å². The van der Waals surface area contributed by atoms with Gasteiger partial charge in [0.2, 0.25) is 0 Å². The molecule has 0 saturated heterocycles. The maximum atomic E-state index is 13.1. The van der Waals surface area contributed by atoms with Crippen molar-refractivity contribution in [2.75, 3.05) is 13.2 Å². The van der Waals surface area contributed by atoms with Gasteiger partial charge >= 0.3 is 11.9 Å². The lowest BCUT2D eigenvalue weighted by atomic mass is 9.84. The summed E-state index contributed by atoms with van der Waals surface area (Å²) in [6.45, 7) is 14.0. The highest BCUT2D eigenvalue weighted by atomic mass is 16.5. The third-order valence-electron chi connectivity index (χ3n) is 10.9. The molecule has 4 nitrogen and oxygen atoms in total. The summed E-state index contributed by atoms with van der Waals surface area (Å²) in [7, 11) is 0. The summed E-state index contributed by atoms with van der Waals surface area (Å²) in [5, 5.41) is 0. The van der Waals surface area contributed by atoms with Crippen molar-refractivity contribution in [2.45, 2.75) is 234 Å². The van der Waals surface area contributed by atoms with E-state index in [0.717, 1.165) is 38.5 Å². The smallest absolute Gasteiger partial charge is 0.306 e. The average molecular weight is 665 g/mol. The van der Waals surface area contributed by atoms with Gasteiger partial charge in [-0.1, -0.05) is 183 Å². The zero-order chi connectivity index (χ0) is 34.9. The fourth-order valence-corrected chi connectivity index (χ4v) is 6.95. The molecule has 0 rings (SSSR count). The monoisotopic (exact) mass is 665 g/mol. The van der Waals surface area contributed by atoms with Gasteiger partial charge in [-0.3, -0.25) is 9.59 Å². The molecule has 0 amide bonds. The molecule has 4 heteroatoms. The van der Waals surface area contributed by atoms with E-state index in [4.69, 9.17) is 9.47 Å². The Morgan fingerprint density at radius 2 is 0.660 bits per heavy atom. The second-order valence-corrected chi connectivity index (χ2v) is 15.2. The van der Waals surface area contributed by atoms with Gasteiger partial charge in [-0.2, -0.15) is 0 Å². The number of esters is 2. The van der Waals surface area contributed by atoms with Crippen molar-refractivity contribution in [1.82, 2.24) is 0 Å². The summed E-state index contributed by atoms with van der Waals surface area (Å²) in [6, 6.07) is 0. The highest BCUT2D eigenvalue weighted by Crippen LogP contribution is 2.30. The second kappa shape index (κ2) is 33.4. The van der Waals surface area contributed by atoms with Crippen LogP contribution in [0.15, 0.2) is 0 Å². The lowest BCUT2D eigenvalue weighted by molar-refractivity contribution is -0.156. The van der Waals surface area contributed by atoms with Crippen LogP contribution in [0.25, 0.3) is 0 Å². The SMILES string of the molecule is CCCCCCCCC(CCCCCCC)CC(=O)OCC(CC)(CC)COC(=O)CC(CCCCCCC)CCCCCCCC. The van der Waals surface area contributed by atoms with Crippen LogP contribution in [0.2, 0.25) is 0 Å². The topological polar surface area (TPSA) is 52.6 Å². The molecule has 0 aromatic rings. The fraction of sp³-hybridized carbons (Fsp3) is 0.953. The lowest BCUT2D eigenvalue weighted by Crippen LogP contribution is -2.34. The van der Waals surface area contributed by atoms with E-state index >= 15 is 0 Å². The molecule has 0 fully saturated rings. The molecule has 280 valence electrons. The third-order valence-corrected chi connectivity index (χ3v) is 10.9. The summed E-state index contributed by atoms with van der Waals surface area (Å²) in [6.07, 6.45) is 35.5. The van der Waals surface area contributed by atoms with Crippen molar-refractivity contribution in [3.63, 3.8) is 0 Å². The van der Waals surface area contributed by atoms with E-state index in [9.17, 15) is 9.59 Å². The third kappa shape index (κ3) is 27.5. The molecule has 0 N–H and O–H groups in total. The largest absolute Gasteiger partial charge is 0.465 e. The van der Waals surface area contributed by atoms with E-state index in [1.54, 1.807) is 0 Å². The number of carbonyl (C=O) groups is 2. The molecular weight excluding hydrogens is 580 g/mol. The van der Waals surface area contributed by atoms with Crippen LogP contribution in [0.1, 0.15) is 234 Å². The van der Waals surface area contributed by atoms with Crippen LogP contribution in [0, 0.1) is 17.3 Å². The lowest BCUT2D eigenvalue weighted by Gasteiger charge is -2.31. The van der Waals surface area contributed by atoms with Crippen LogP contribution < -0.4 is 0 Å². The average Bonchev–Trinajstić information content (AvgIpc) is 3.07. The van der Waals surface area contributed by atoms with Gasteiger partial charge in [0, 0.05) is 18.3 Å². The first-order valence-electron chi connectivity index (χ1n) is 21.2. The molecule has 0 heterocycles. The van der Waals surface area contributed by atoms with Gasteiger partial charge in [-0.25, -0.2) is 0 Å². The minimum atomic E-state index is -0.296. The van der Waals surface area contributed by atoms with E-state index < -0.39 is 0 Å². The first-order chi connectivity index (χ1) is 22.9. The highest BCUT2D eigenvalue weighted by Gasteiger charge is 2.31. The number of unbranched alkanes of at least 4 members (excludes halogenated alkanes) is 18. The van der Waals surface area contributed by atoms with E-state index in [2.05, 4.69) is 41.5 Å². The number of carbonyl (C=O) groups excluding carboxylic acids is 2. The van der Waals surface area contributed by atoms with Crippen molar-refractivity contribution in [1.29, 1.82) is 0 Å². The van der Waals surface area contributed by atoms with E-state index in [0.29, 0.717) is 37.9 Å². The predicted molar refractivity (Wildman–Crippen MR) is 204 cm³/mol. The van der Waals surface area contributed by atoms with Gasteiger partial charge in [0.1, 0.15) is 13.2 Å². The summed E-state index contributed by atoms with van der Waals surface area (Å²) in [4.78, 5) is 26.3. The van der Waals surface area contributed by atoms with Crippen molar-refractivity contribution in [2.24, 2.45) is 17.3 Å². The van der Waals surface area contributed by atoms with Crippen molar-refractivity contribution in [3.05, 3.63) is 0 Å². The standard InChI is InChI=1S/C43H84O4/c1-7-13-17-21-25-29-33-39(31-27-23-19-15-9-3)35-41(44)46-37-43(11-5,12-6)38-47-42(45)36-40(32-28-24-20-16-10-4)34-30-26-22-18-14-8-2/h39-40H,7-38H2,1-6H3. The van der Waals surface area contributed by atoms with Crippen LogP contribution in [0.4, 0.5) is 0 Å². The van der Waals surface area contributed by atoms with Gasteiger partial charge in [-0.05, 0) is 50.4 Å². The van der Waals surface area contributed by atoms with Gasteiger partial charge < -0.3 is 9.47 Å². The summed E-state index contributed by atoms with van der Waals surface area (Å²) in [5.74, 6) is 0.732. The number of hydrogen-bond donors (Lipinski definition) is 0. The molecule has 2 atom stereocenters. The maximum absolute atomic E-state index is 13.1. The van der Waals surface area contributed by atoms with Crippen LogP contribution in [-0.2, 0) is 19.1 Å². The quantitative estimate of drug-likeness (QED) is 0.0494. The Balaban J connectivity index is 4.93. The van der Waals surface area contributed by atoms with Gasteiger partial charge in [0.25, 0.3) is 0 Å². The Bertz CT molecular complexity index is 631. The van der Waals surface area contributed by atoms with Gasteiger partial charge in [-0.15, -0.1) is 0 Å². The van der Waals surface area contributed by atoms with Crippen LogP contribution in [0.5, 0.6) is 0 Å². The molecule has 0 aliphatic rings. The van der Waals surface area contributed by atoms with Crippen LogP contribution >= 0.6 is 0 Å². The molecular formula is C43H84O4. The second-order valence-electron chi connectivity index (χ2n) is 15.2. The molecule has 0 aromatic carbocycles.